The largest absolute Gasteiger partial charge is 0.508 e. The second-order valence-electron chi connectivity index (χ2n) is 4.64. The minimum atomic E-state index is -0.456. The van der Waals surface area contributed by atoms with Crippen molar-refractivity contribution < 1.29 is 19.0 Å². The van der Waals surface area contributed by atoms with Gasteiger partial charge in [0.2, 0.25) is 0 Å². The molecule has 112 valence electrons. The van der Waals surface area contributed by atoms with Gasteiger partial charge in [0.05, 0.1) is 25.9 Å². The van der Waals surface area contributed by atoms with Crippen LogP contribution < -0.4 is 14.8 Å². The van der Waals surface area contributed by atoms with Crippen LogP contribution >= 0.6 is 0 Å². The molecule has 21 heavy (non-hydrogen) atoms. The lowest BCUT2D eigenvalue weighted by Gasteiger charge is -2.19. The summed E-state index contributed by atoms with van der Waals surface area (Å²) in [5.74, 6) is 0.745. The van der Waals surface area contributed by atoms with E-state index in [-0.39, 0.29) is 11.8 Å². The molecule has 0 amide bonds. The summed E-state index contributed by atoms with van der Waals surface area (Å²) >= 11 is 0. The molecule has 1 unspecified atom stereocenters. The summed E-state index contributed by atoms with van der Waals surface area (Å²) in [4.78, 5) is 0. The summed E-state index contributed by atoms with van der Waals surface area (Å²) in [6, 6.07) is 9.19. The predicted molar refractivity (Wildman–Crippen MR) is 79.6 cm³/mol. The van der Waals surface area contributed by atoms with Gasteiger partial charge in [0.25, 0.3) is 0 Å². The Morgan fingerprint density at radius 2 is 1.86 bits per heavy atom. The molecular formula is C16H18FNO3. The van der Waals surface area contributed by atoms with Gasteiger partial charge in [-0.15, -0.1) is 0 Å². The molecule has 0 aliphatic heterocycles. The van der Waals surface area contributed by atoms with Crippen molar-refractivity contribution in [3.05, 3.63) is 47.8 Å². The Kier molecular flexibility index (Phi) is 4.52. The Bertz CT molecular complexity index is 631. The highest BCUT2D eigenvalue weighted by Gasteiger charge is 2.14. The molecule has 2 rings (SSSR count). The number of anilines is 1. The third-order valence-electron chi connectivity index (χ3n) is 3.23. The van der Waals surface area contributed by atoms with E-state index >= 15 is 0 Å². The molecule has 0 aliphatic rings. The van der Waals surface area contributed by atoms with E-state index in [4.69, 9.17) is 9.47 Å². The minimum Gasteiger partial charge on any atom is -0.508 e. The van der Waals surface area contributed by atoms with Crippen LogP contribution in [-0.4, -0.2) is 19.3 Å². The second-order valence-corrected chi connectivity index (χ2v) is 4.64. The van der Waals surface area contributed by atoms with Crippen LogP contribution in [0.5, 0.6) is 17.2 Å². The van der Waals surface area contributed by atoms with Crippen LogP contribution in [0, 0.1) is 5.82 Å². The highest BCUT2D eigenvalue weighted by molar-refractivity contribution is 5.60. The number of hydrogen-bond acceptors (Lipinski definition) is 4. The van der Waals surface area contributed by atoms with E-state index in [1.54, 1.807) is 32.4 Å². The van der Waals surface area contributed by atoms with E-state index < -0.39 is 5.82 Å². The van der Waals surface area contributed by atoms with E-state index in [1.807, 2.05) is 13.0 Å². The fraction of sp³-hybridized carbons (Fsp3) is 0.250. The second kappa shape index (κ2) is 6.35. The maximum atomic E-state index is 13.9. The first-order valence-electron chi connectivity index (χ1n) is 6.52. The average molecular weight is 291 g/mol. The molecule has 0 heterocycles. The van der Waals surface area contributed by atoms with Gasteiger partial charge >= 0.3 is 0 Å². The van der Waals surface area contributed by atoms with Crippen molar-refractivity contribution in [2.24, 2.45) is 0 Å². The fourth-order valence-electron chi connectivity index (χ4n) is 2.10. The average Bonchev–Trinajstić information content (AvgIpc) is 2.47. The van der Waals surface area contributed by atoms with Crippen molar-refractivity contribution in [2.45, 2.75) is 13.0 Å². The summed E-state index contributed by atoms with van der Waals surface area (Å²) in [5.41, 5.74) is 1.20. The number of aromatic hydroxyl groups is 1. The zero-order valence-electron chi connectivity index (χ0n) is 12.2. The van der Waals surface area contributed by atoms with Gasteiger partial charge in [-0.3, -0.25) is 0 Å². The van der Waals surface area contributed by atoms with Crippen LogP contribution in [0.2, 0.25) is 0 Å². The summed E-state index contributed by atoms with van der Waals surface area (Å²) in [6.07, 6.45) is 0. The summed E-state index contributed by atoms with van der Waals surface area (Å²) < 4.78 is 24.3. The molecule has 0 radical (unpaired) electrons. The van der Waals surface area contributed by atoms with Gasteiger partial charge in [-0.1, -0.05) is 6.07 Å². The molecule has 0 fully saturated rings. The molecule has 0 aliphatic carbocycles. The summed E-state index contributed by atoms with van der Waals surface area (Å²) in [7, 11) is 3.14. The highest BCUT2D eigenvalue weighted by Crippen LogP contribution is 2.32. The van der Waals surface area contributed by atoms with Crippen molar-refractivity contribution in [1.29, 1.82) is 0 Å². The number of phenolic OH excluding ortho intramolecular Hbond substituents is 1. The number of rotatable bonds is 5. The Balaban J connectivity index is 2.24. The summed E-state index contributed by atoms with van der Waals surface area (Å²) in [5, 5.41) is 12.4. The van der Waals surface area contributed by atoms with Gasteiger partial charge in [0.1, 0.15) is 23.1 Å². The quantitative estimate of drug-likeness (QED) is 0.881. The monoisotopic (exact) mass is 291 g/mol. The first kappa shape index (κ1) is 15.0. The maximum Gasteiger partial charge on any atom is 0.145 e. The third-order valence-corrected chi connectivity index (χ3v) is 3.23. The standard InChI is InChI=1S/C16H18FNO3/c1-10(13-6-4-11(19)8-14(13)17)18-15-7-5-12(20-2)9-16(15)21-3/h4-10,18-19H,1-3H3. The van der Waals surface area contributed by atoms with Crippen molar-refractivity contribution in [3.63, 3.8) is 0 Å². The zero-order chi connectivity index (χ0) is 15.4. The number of phenols is 1. The Hall–Kier alpha value is -2.43. The highest BCUT2D eigenvalue weighted by atomic mass is 19.1. The van der Waals surface area contributed by atoms with Gasteiger partial charge in [-0.05, 0) is 25.1 Å². The smallest absolute Gasteiger partial charge is 0.145 e. The predicted octanol–water partition coefficient (Wildman–Crippen LogP) is 3.72. The first-order valence-corrected chi connectivity index (χ1v) is 6.52. The molecule has 1 atom stereocenters. The third kappa shape index (κ3) is 3.37. The fourth-order valence-corrected chi connectivity index (χ4v) is 2.10. The normalized spacial score (nSPS) is 11.8. The topological polar surface area (TPSA) is 50.7 Å². The number of nitrogens with one attached hydrogen (secondary N) is 1. The van der Waals surface area contributed by atoms with Crippen LogP contribution in [-0.2, 0) is 0 Å². The van der Waals surface area contributed by atoms with Crippen LogP contribution in [0.1, 0.15) is 18.5 Å². The van der Waals surface area contributed by atoms with Crippen molar-refractivity contribution in [1.82, 2.24) is 0 Å². The Morgan fingerprint density at radius 3 is 2.48 bits per heavy atom. The molecule has 0 saturated carbocycles. The Morgan fingerprint density at radius 1 is 1.10 bits per heavy atom. The molecule has 2 aromatic rings. The van der Waals surface area contributed by atoms with Crippen LogP contribution in [0.4, 0.5) is 10.1 Å². The molecule has 4 nitrogen and oxygen atoms in total. The van der Waals surface area contributed by atoms with Gasteiger partial charge in [-0.2, -0.15) is 0 Å². The van der Waals surface area contributed by atoms with Crippen molar-refractivity contribution in [2.75, 3.05) is 19.5 Å². The van der Waals surface area contributed by atoms with Gasteiger partial charge < -0.3 is 19.9 Å². The van der Waals surface area contributed by atoms with Gasteiger partial charge in [0, 0.05) is 17.7 Å². The molecule has 2 N–H and O–H groups in total. The SMILES string of the molecule is COc1ccc(NC(C)c2ccc(O)cc2F)c(OC)c1. The van der Waals surface area contributed by atoms with E-state index in [9.17, 15) is 9.50 Å². The number of ether oxygens (including phenoxy) is 2. The van der Waals surface area contributed by atoms with E-state index in [0.29, 0.717) is 17.1 Å². The first-order chi connectivity index (χ1) is 10.0. The van der Waals surface area contributed by atoms with Crippen LogP contribution in [0.3, 0.4) is 0 Å². The molecule has 2 aromatic carbocycles. The lowest BCUT2D eigenvalue weighted by atomic mass is 10.1. The summed E-state index contributed by atoms with van der Waals surface area (Å²) in [6.45, 7) is 1.83. The van der Waals surface area contributed by atoms with Gasteiger partial charge in [-0.25, -0.2) is 4.39 Å². The zero-order valence-corrected chi connectivity index (χ0v) is 12.2. The lowest BCUT2D eigenvalue weighted by molar-refractivity contribution is 0.395. The lowest BCUT2D eigenvalue weighted by Crippen LogP contribution is -2.09. The maximum absolute atomic E-state index is 13.9. The van der Waals surface area contributed by atoms with E-state index in [1.165, 1.54) is 6.07 Å². The molecule has 0 spiro atoms. The number of halogens is 1. The molecular weight excluding hydrogens is 273 g/mol. The van der Waals surface area contributed by atoms with E-state index in [0.717, 1.165) is 11.8 Å². The number of methoxy groups -OCH3 is 2. The number of benzene rings is 2. The molecule has 5 heteroatoms. The molecule has 0 bridgehead atoms. The van der Waals surface area contributed by atoms with Gasteiger partial charge in [0.15, 0.2) is 0 Å². The Labute approximate surface area is 123 Å². The van der Waals surface area contributed by atoms with Crippen molar-refractivity contribution >= 4 is 5.69 Å². The number of hydrogen-bond donors (Lipinski definition) is 2. The molecule has 0 aromatic heterocycles. The molecule has 0 saturated heterocycles. The van der Waals surface area contributed by atoms with Crippen LogP contribution in [0.25, 0.3) is 0 Å². The minimum absolute atomic E-state index is 0.0921. The van der Waals surface area contributed by atoms with E-state index in [2.05, 4.69) is 5.32 Å². The van der Waals surface area contributed by atoms with Crippen molar-refractivity contribution in [3.8, 4) is 17.2 Å². The van der Waals surface area contributed by atoms with Crippen LogP contribution in [0.15, 0.2) is 36.4 Å².